The lowest BCUT2D eigenvalue weighted by molar-refractivity contribution is 0.475. The molecule has 0 unspecified atom stereocenters. The number of pyridine rings is 1. The third-order valence-electron chi connectivity index (χ3n) is 2.71. The number of aromatic nitrogens is 2. The summed E-state index contributed by atoms with van der Waals surface area (Å²) < 4.78 is 0. The van der Waals surface area contributed by atoms with Crippen LogP contribution >= 0.6 is 22.9 Å². The van der Waals surface area contributed by atoms with Crippen LogP contribution < -0.4 is 5.32 Å². The molecule has 2 aromatic heterocycles. The number of phenolic OH excluding ortho intramolecular Hbond substituents is 1. The Kier molecular flexibility index (Phi) is 3.54. The maximum atomic E-state index is 9.45. The van der Waals surface area contributed by atoms with Crippen LogP contribution in [0, 0.1) is 0 Å². The molecule has 0 atom stereocenters. The van der Waals surface area contributed by atoms with Crippen molar-refractivity contribution < 1.29 is 5.11 Å². The van der Waals surface area contributed by atoms with Crippen molar-refractivity contribution in [1.82, 2.24) is 9.97 Å². The number of benzene rings is 1. The molecule has 0 saturated carbocycles. The number of phenols is 1. The van der Waals surface area contributed by atoms with Gasteiger partial charge in [0, 0.05) is 17.8 Å². The van der Waals surface area contributed by atoms with E-state index in [1.165, 1.54) is 11.3 Å². The third-order valence-corrected chi connectivity index (χ3v) is 3.70. The van der Waals surface area contributed by atoms with Crippen LogP contribution in [0.3, 0.4) is 0 Å². The molecule has 0 fully saturated rings. The molecule has 1 aromatic carbocycles. The third kappa shape index (κ3) is 2.74. The predicted octanol–water partition coefficient (Wildman–Crippen LogP) is 4.31. The van der Waals surface area contributed by atoms with Gasteiger partial charge < -0.3 is 10.4 Å². The number of halogens is 1. The van der Waals surface area contributed by atoms with Crippen molar-refractivity contribution in [3.8, 4) is 16.9 Å². The lowest BCUT2D eigenvalue weighted by Gasteiger charge is -2.06. The zero-order chi connectivity index (χ0) is 13.9. The van der Waals surface area contributed by atoms with Crippen LogP contribution in [-0.4, -0.2) is 15.1 Å². The topological polar surface area (TPSA) is 58.0 Å². The molecule has 2 heterocycles. The number of nitrogens with zero attached hydrogens (tertiary/aromatic N) is 2. The summed E-state index contributed by atoms with van der Waals surface area (Å²) >= 11 is 7.44. The number of nitrogens with one attached hydrogen (secondary N) is 1. The maximum absolute atomic E-state index is 9.45. The van der Waals surface area contributed by atoms with E-state index in [1.54, 1.807) is 24.5 Å². The smallest absolute Gasteiger partial charge is 0.188 e. The first-order valence-electron chi connectivity index (χ1n) is 5.84. The molecule has 4 nitrogen and oxygen atoms in total. The second-order valence-corrected chi connectivity index (χ2v) is 5.36. The van der Waals surface area contributed by atoms with E-state index in [-0.39, 0.29) is 5.75 Å². The van der Waals surface area contributed by atoms with Crippen molar-refractivity contribution in [3.05, 3.63) is 53.1 Å². The highest BCUT2D eigenvalue weighted by molar-refractivity contribution is 7.13. The van der Waals surface area contributed by atoms with E-state index >= 15 is 0 Å². The highest BCUT2D eigenvalue weighted by Gasteiger charge is 2.05. The molecule has 20 heavy (non-hydrogen) atoms. The van der Waals surface area contributed by atoms with E-state index in [0.29, 0.717) is 10.8 Å². The first-order chi connectivity index (χ1) is 9.72. The number of anilines is 2. The summed E-state index contributed by atoms with van der Waals surface area (Å²) in [6, 6.07) is 8.90. The first-order valence-corrected chi connectivity index (χ1v) is 7.09. The van der Waals surface area contributed by atoms with Crippen LogP contribution in [-0.2, 0) is 0 Å². The highest BCUT2D eigenvalue weighted by Crippen LogP contribution is 2.30. The molecule has 0 bridgehead atoms. The zero-order valence-corrected chi connectivity index (χ0v) is 11.8. The normalized spacial score (nSPS) is 10.4. The van der Waals surface area contributed by atoms with Gasteiger partial charge in [-0.05, 0) is 35.4 Å². The van der Waals surface area contributed by atoms with Gasteiger partial charge in [0.2, 0.25) is 0 Å². The van der Waals surface area contributed by atoms with Crippen molar-refractivity contribution in [2.45, 2.75) is 0 Å². The summed E-state index contributed by atoms with van der Waals surface area (Å²) in [5.74, 6) is 0.784. The lowest BCUT2D eigenvalue weighted by atomic mass is 10.1. The van der Waals surface area contributed by atoms with Gasteiger partial charge in [0.1, 0.15) is 11.6 Å². The molecule has 3 rings (SSSR count). The van der Waals surface area contributed by atoms with E-state index in [2.05, 4.69) is 15.3 Å². The fourth-order valence-corrected chi connectivity index (χ4v) is 2.48. The molecule has 0 radical (unpaired) electrons. The van der Waals surface area contributed by atoms with Gasteiger partial charge in [0.25, 0.3) is 0 Å². The molecule has 0 aliphatic rings. The first kappa shape index (κ1) is 12.9. The Bertz CT molecular complexity index is 731. The molecule has 0 spiro atoms. The van der Waals surface area contributed by atoms with Crippen molar-refractivity contribution in [1.29, 1.82) is 0 Å². The van der Waals surface area contributed by atoms with Crippen LogP contribution in [0.1, 0.15) is 0 Å². The van der Waals surface area contributed by atoms with E-state index in [4.69, 9.17) is 11.6 Å². The Morgan fingerprint density at radius 2 is 1.90 bits per heavy atom. The van der Waals surface area contributed by atoms with Crippen LogP contribution in [0.2, 0.25) is 5.02 Å². The largest absolute Gasteiger partial charge is 0.506 e. The number of rotatable bonds is 3. The molecule has 3 aromatic rings. The monoisotopic (exact) mass is 303 g/mol. The van der Waals surface area contributed by atoms with Gasteiger partial charge in [-0.1, -0.05) is 17.7 Å². The van der Waals surface area contributed by atoms with Gasteiger partial charge in [0.15, 0.2) is 5.13 Å². The molecule has 0 aliphatic carbocycles. The molecule has 0 saturated heterocycles. The fourth-order valence-electron chi connectivity index (χ4n) is 1.76. The summed E-state index contributed by atoms with van der Waals surface area (Å²) in [6.07, 6.45) is 3.45. The van der Waals surface area contributed by atoms with Gasteiger partial charge in [-0.25, -0.2) is 9.97 Å². The van der Waals surface area contributed by atoms with Crippen molar-refractivity contribution in [2.75, 3.05) is 5.32 Å². The zero-order valence-electron chi connectivity index (χ0n) is 10.2. The van der Waals surface area contributed by atoms with Crippen LogP contribution in [0.15, 0.2) is 48.1 Å². The molecule has 100 valence electrons. The minimum atomic E-state index is 0.0746. The molecular formula is C14H10ClN3OS. The van der Waals surface area contributed by atoms with Crippen molar-refractivity contribution >= 4 is 33.9 Å². The van der Waals surface area contributed by atoms with E-state index < -0.39 is 0 Å². The average molecular weight is 304 g/mol. The van der Waals surface area contributed by atoms with Gasteiger partial charge in [-0.3, -0.25) is 0 Å². The maximum Gasteiger partial charge on any atom is 0.188 e. The Morgan fingerprint density at radius 3 is 2.65 bits per heavy atom. The minimum Gasteiger partial charge on any atom is -0.506 e. The van der Waals surface area contributed by atoms with Crippen LogP contribution in [0.25, 0.3) is 11.1 Å². The van der Waals surface area contributed by atoms with E-state index in [0.717, 1.165) is 16.3 Å². The fraction of sp³-hybridized carbons (Fsp3) is 0. The van der Waals surface area contributed by atoms with Crippen molar-refractivity contribution in [3.63, 3.8) is 0 Å². The molecular weight excluding hydrogens is 294 g/mol. The Hall–Kier alpha value is -2.11. The highest BCUT2D eigenvalue weighted by atomic mass is 35.5. The van der Waals surface area contributed by atoms with Gasteiger partial charge in [0.05, 0.1) is 5.02 Å². The Labute approximate surface area is 124 Å². The summed E-state index contributed by atoms with van der Waals surface area (Å²) in [7, 11) is 0. The number of aromatic hydroxyl groups is 1. The summed E-state index contributed by atoms with van der Waals surface area (Å²) in [4.78, 5) is 8.41. The van der Waals surface area contributed by atoms with E-state index in [9.17, 15) is 5.11 Å². The Morgan fingerprint density at radius 1 is 1.05 bits per heavy atom. The SMILES string of the molecule is Oc1ccc(-c2ccnc(Nc3nccs3)c2)cc1Cl. The summed E-state index contributed by atoms with van der Waals surface area (Å²) in [5, 5.41) is 15.6. The molecule has 0 aliphatic heterocycles. The predicted molar refractivity (Wildman–Crippen MR) is 81.7 cm³/mol. The second kappa shape index (κ2) is 5.48. The minimum absolute atomic E-state index is 0.0746. The second-order valence-electron chi connectivity index (χ2n) is 4.06. The molecule has 6 heteroatoms. The van der Waals surface area contributed by atoms with Gasteiger partial charge >= 0.3 is 0 Å². The number of hydrogen-bond acceptors (Lipinski definition) is 5. The quantitative estimate of drug-likeness (QED) is 0.757. The van der Waals surface area contributed by atoms with Crippen LogP contribution in [0.4, 0.5) is 10.9 Å². The number of hydrogen-bond donors (Lipinski definition) is 2. The number of thiazole rings is 1. The van der Waals surface area contributed by atoms with Gasteiger partial charge in [-0.2, -0.15) is 0 Å². The summed E-state index contributed by atoms with van der Waals surface area (Å²) in [6.45, 7) is 0. The Balaban J connectivity index is 1.92. The van der Waals surface area contributed by atoms with Crippen LogP contribution in [0.5, 0.6) is 5.75 Å². The molecule has 0 amide bonds. The van der Waals surface area contributed by atoms with Crippen molar-refractivity contribution in [2.24, 2.45) is 0 Å². The summed E-state index contributed by atoms with van der Waals surface area (Å²) in [5.41, 5.74) is 1.87. The standard InChI is InChI=1S/C14H10ClN3OS/c15-11-7-9(1-2-12(11)19)10-3-4-16-13(8-10)18-14-17-5-6-20-14/h1-8,19H,(H,16,17,18). The average Bonchev–Trinajstić information content (AvgIpc) is 2.95. The van der Waals surface area contributed by atoms with E-state index in [1.807, 2.05) is 23.6 Å². The lowest BCUT2D eigenvalue weighted by Crippen LogP contribution is -1.92. The van der Waals surface area contributed by atoms with Gasteiger partial charge in [-0.15, -0.1) is 11.3 Å². The molecule has 2 N–H and O–H groups in total.